The molecule has 0 rings (SSSR count). The summed E-state index contributed by atoms with van der Waals surface area (Å²) < 4.78 is 11.3. The van der Waals surface area contributed by atoms with Gasteiger partial charge in [-0.25, -0.2) is 0 Å². The summed E-state index contributed by atoms with van der Waals surface area (Å²) in [6, 6.07) is 0. The van der Waals surface area contributed by atoms with Crippen LogP contribution in [-0.2, 0) is 9.47 Å². The molecule has 0 N–H and O–H groups in total. The van der Waals surface area contributed by atoms with Crippen LogP contribution in [0.1, 0.15) is 6.92 Å². The largest absolute Gasteiger partial charge is 0.382 e. The lowest BCUT2D eigenvalue weighted by atomic mass is 10.2. The molecular formula is C7H15IO2. The summed E-state index contributed by atoms with van der Waals surface area (Å²) >= 11 is 2.36. The van der Waals surface area contributed by atoms with Crippen molar-refractivity contribution in [2.45, 2.75) is 6.92 Å². The summed E-state index contributed by atoms with van der Waals surface area (Å²) in [5.74, 6) is 0.664. The predicted molar refractivity (Wildman–Crippen MR) is 50.7 cm³/mol. The van der Waals surface area contributed by atoms with E-state index in [1.165, 1.54) is 0 Å². The van der Waals surface area contributed by atoms with Gasteiger partial charge in [0.2, 0.25) is 0 Å². The van der Waals surface area contributed by atoms with Crippen LogP contribution in [0.4, 0.5) is 0 Å². The van der Waals surface area contributed by atoms with Gasteiger partial charge in [-0.05, 0) is 5.92 Å². The van der Waals surface area contributed by atoms with Crippen molar-refractivity contribution in [2.75, 3.05) is 31.4 Å². The van der Waals surface area contributed by atoms with E-state index in [4.69, 9.17) is 9.47 Å². The van der Waals surface area contributed by atoms with Gasteiger partial charge in [0.05, 0.1) is 13.2 Å². The molecular weight excluding hydrogens is 243 g/mol. The SMILES string of the molecule is COCCOC[C@H](C)CI. The normalized spacial score (nSPS) is 13.5. The number of methoxy groups -OCH3 is 1. The highest BCUT2D eigenvalue weighted by atomic mass is 127. The number of rotatable bonds is 6. The average Bonchev–Trinajstić information content (AvgIpc) is 1.98. The van der Waals surface area contributed by atoms with Gasteiger partial charge in [0.25, 0.3) is 0 Å². The van der Waals surface area contributed by atoms with E-state index in [1.54, 1.807) is 7.11 Å². The number of alkyl halides is 1. The second-order valence-corrected chi connectivity index (χ2v) is 3.21. The fraction of sp³-hybridized carbons (Fsp3) is 1.00. The van der Waals surface area contributed by atoms with Crippen LogP contribution in [0.15, 0.2) is 0 Å². The van der Waals surface area contributed by atoms with Crippen molar-refractivity contribution >= 4 is 22.6 Å². The van der Waals surface area contributed by atoms with E-state index in [0.717, 1.165) is 17.6 Å². The van der Waals surface area contributed by atoms with E-state index in [2.05, 4.69) is 29.5 Å². The maximum Gasteiger partial charge on any atom is 0.0700 e. The van der Waals surface area contributed by atoms with Crippen LogP contribution >= 0.6 is 22.6 Å². The Morgan fingerprint density at radius 3 is 2.60 bits per heavy atom. The molecule has 62 valence electrons. The monoisotopic (exact) mass is 258 g/mol. The van der Waals surface area contributed by atoms with Crippen molar-refractivity contribution in [3.8, 4) is 0 Å². The van der Waals surface area contributed by atoms with Crippen LogP contribution in [0.5, 0.6) is 0 Å². The van der Waals surface area contributed by atoms with E-state index in [-0.39, 0.29) is 0 Å². The minimum absolute atomic E-state index is 0.664. The van der Waals surface area contributed by atoms with Gasteiger partial charge in [-0.3, -0.25) is 0 Å². The predicted octanol–water partition coefficient (Wildman–Crippen LogP) is 1.72. The van der Waals surface area contributed by atoms with E-state index in [1.807, 2.05) is 0 Å². The summed E-state index contributed by atoms with van der Waals surface area (Å²) in [5, 5.41) is 0. The second-order valence-electron chi connectivity index (χ2n) is 2.33. The van der Waals surface area contributed by atoms with Gasteiger partial charge in [-0.15, -0.1) is 0 Å². The molecule has 0 unspecified atom stereocenters. The van der Waals surface area contributed by atoms with Crippen molar-refractivity contribution in [1.29, 1.82) is 0 Å². The van der Waals surface area contributed by atoms with Crippen LogP contribution in [0.2, 0.25) is 0 Å². The third-order valence-corrected chi connectivity index (χ3v) is 2.60. The summed E-state index contributed by atoms with van der Waals surface area (Å²) in [6.45, 7) is 4.46. The van der Waals surface area contributed by atoms with Gasteiger partial charge in [-0.1, -0.05) is 29.5 Å². The zero-order chi connectivity index (χ0) is 7.82. The highest BCUT2D eigenvalue weighted by Crippen LogP contribution is 1.99. The molecule has 0 saturated heterocycles. The molecule has 0 saturated carbocycles. The van der Waals surface area contributed by atoms with Crippen LogP contribution < -0.4 is 0 Å². The first-order valence-corrected chi connectivity index (χ1v) is 4.96. The molecule has 0 aromatic heterocycles. The molecule has 0 aliphatic carbocycles. The summed E-state index contributed by atoms with van der Waals surface area (Å²) in [4.78, 5) is 0. The minimum Gasteiger partial charge on any atom is -0.382 e. The Hall–Kier alpha value is 0.650. The van der Waals surface area contributed by atoms with Crippen LogP contribution in [-0.4, -0.2) is 31.4 Å². The van der Waals surface area contributed by atoms with Crippen LogP contribution in [0.25, 0.3) is 0 Å². The van der Waals surface area contributed by atoms with E-state index in [9.17, 15) is 0 Å². The van der Waals surface area contributed by atoms with Gasteiger partial charge >= 0.3 is 0 Å². The topological polar surface area (TPSA) is 18.5 Å². The van der Waals surface area contributed by atoms with Gasteiger partial charge in [0, 0.05) is 18.1 Å². The second kappa shape index (κ2) is 7.75. The van der Waals surface area contributed by atoms with Gasteiger partial charge in [-0.2, -0.15) is 0 Å². The Morgan fingerprint density at radius 1 is 1.40 bits per heavy atom. The van der Waals surface area contributed by atoms with Gasteiger partial charge in [0.15, 0.2) is 0 Å². The lowest BCUT2D eigenvalue weighted by molar-refractivity contribution is 0.0583. The lowest BCUT2D eigenvalue weighted by Crippen LogP contribution is -2.10. The fourth-order valence-electron chi connectivity index (χ4n) is 0.471. The number of hydrogen-bond donors (Lipinski definition) is 0. The maximum atomic E-state index is 5.30. The highest BCUT2D eigenvalue weighted by Gasteiger charge is 1.97. The Morgan fingerprint density at radius 2 is 2.10 bits per heavy atom. The molecule has 0 amide bonds. The van der Waals surface area contributed by atoms with E-state index in [0.29, 0.717) is 12.5 Å². The molecule has 10 heavy (non-hydrogen) atoms. The number of ether oxygens (including phenoxy) is 2. The highest BCUT2D eigenvalue weighted by molar-refractivity contribution is 14.1. The smallest absolute Gasteiger partial charge is 0.0700 e. The Kier molecular flexibility index (Phi) is 8.26. The van der Waals surface area contributed by atoms with Crippen molar-refractivity contribution in [3.63, 3.8) is 0 Å². The van der Waals surface area contributed by atoms with Crippen molar-refractivity contribution in [3.05, 3.63) is 0 Å². The van der Waals surface area contributed by atoms with Crippen molar-refractivity contribution < 1.29 is 9.47 Å². The molecule has 0 bridgehead atoms. The zero-order valence-electron chi connectivity index (χ0n) is 6.60. The average molecular weight is 258 g/mol. The van der Waals surface area contributed by atoms with Crippen LogP contribution in [0.3, 0.4) is 0 Å². The van der Waals surface area contributed by atoms with Crippen LogP contribution in [0, 0.1) is 5.92 Å². The Bertz CT molecular complexity index is 68.6. The number of hydrogen-bond acceptors (Lipinski definition) is 2. The van der Waals surface area contributed by atoms with E-state index < -0.39 is 0 Å². The van der Waals surface area contributed by atoms with Crippen molar-refractivity contribution in [2.24, 2.45) is 5.92 Å². The Labute approximate surface area is 76.4 Å². The van der Waals surface area contributed by atoms with Gasteiger partial charge in [0.1, 0.15) is 0 Å². The maximum absolute atomic E-state index is 5.30. The summed E-state index contributed by atoms with van der Waals surface area (Å²) in [6.07, 6.45) is 0. The summed E-state index contributed by atoms with van der Waals surface area (Å²) in [5.41, 5.74) is 0. The first kappa shape index (κ1) is 10.7. The molecule has 0 aliphatic rings. The third-order valence-electron chi connectivity index (χ3n) is 1.10. The molecule has 0 radical (unpaired) electrons. The molecule has 0 heterocycles. The molecule has 2 nitrogen and oxygen atoms in total. The Balaban J connectivity index is 2.89. The fourth-order valence-corrected chi connectivity index (χ4v) is 0.726. The molecule has 3 heteroatoms. The zero-order valence-corrected chi connectivity index (χ0v) is 8.76. The number of halogens is 1. The molecule has 1 atom stereocenters. The lowest BCUT2D eigenvalue weighted by Gasteiger charge is -2.07. The first-order chi connectivity index (χ1) is 4.81. The molecule has 0 spiro atoms. The molecule has 0 aliphatic heterocycles. The molecule has 0 fully saturated rings. The first-order valence-electron chi connectivity index (χ1n) is 3.44. The van der Waals surface area contributed by atoms with Crippen molar-refractivity contribution in [1.82, 2.24) is 0 Å². The molecule has 0 aromatic carbocycles. The van der Waals surface area contributed by atoms with Gasteiger partial charge < -0.3 is 9.47 Å². The third kappa shape index (κ3) is 6.77. The quantitative estimate of drug-likeness (QED) is 0.410. The standard InChI is InChI=1S/C7H15IO2/c1-7(5-8)6-10-4-3-9-2/h7H,3-6H2,1-2H3/t7-/m1/s1. The molecule has 0 aromatic rings. The summed E-state index contributed by atoms with van der Waals surface area (Å²) in [7, 11) is 1.69. The van der Waals surface area contributed by atoms with E-state index >= 15 is 0 Å². The minimum atomic E-state index is 0.664.